The maximum Gasteiger partial charge on any atom is 0.254 e. The molecule has 0 spiro atoms. The summed E-state index contributed by atoms with van der Waals surface area (Å²) in [4.78, 5) is 24.4. The van der Waals surface area contributed by atoms with Crippen LogP contribution in [0.25, 0.3) is 0 Å². The minimum Gasteiger partial charge on any atom is -0.375 e. The molecule has 5 nitrogen and oxygen atoms in total. The van der Waals surface area contributed by atoms with Crippen molar-refractivity contribution in [2.24, 2.45) is 17.1 Å². The molecule has 2 aliphatic rings. The Hall–Kier alpha value is -2.47. The van der Waals surface area contributed by atoms with Gasteiger partial charge in [0, 0.05) is 11.6 Å². The molecule has 4 N–H and O–H groups in total. The highest BCUT2D eigenvalue weighted by Gasteiger charge is 2.62. The highest BCUT2D eigenvalue weighted by atomic mass is 19.1. The molecular formula is C17H17FN2O3. The van der Waals surface area contributed by atoms with E-state index in [-0.39, 0.29) is 5.91 Å². The minimum atomic E-state index is -1.88. The van der Waals surface area contributed by atoms with Gasteiger partial charge in [-0.05, 0) is 43.2 Å². The molecule has 120 valence electrons. The lowest BCUT2D eigenvalue weighted by Gasteiger charge is -2.36. The van der Waals surface area contributed by atoms with Crippen molar-refractivity contribution in [3.8, 4) is 0 Å². The van der Waals surface area contributed by atoms with Crippen molar-refractivity contribution in [3.05, 3.63) is 54.4 Å². The Morgan fingerprint density at radius 2 is 1.87 bits per heavy atom. The van der Waals surface area contributed by atoms with Gasteiger partial charge in [-0.15, -0.1) is 0 Å². The van der Waals surface area contributed by atoms with E-state index in [0.717, 1.165) is 0 Å². The number of carbonyl (C=O) groups excluding carboxylic acids is 2. The van der Waals surface area contributed by atoms with Crippen molar-refractivity contribution >= 4 is 17.5 Å². The second kappa shape index (κ2) is 5.31. The molecule has 1 aromatic rings. The number of hydrogen-bond acceptors (Lipinski definition) is 3. The molecule has 0 aromatic heterocycles. The second-order valence-corrected chi connectivity index (χ2v) is 6.03. The number of aliphatic hydroxyl groups is 1. The fraction of sp³-hybridized carbons (Fsp3) is 0.294. The average Bonchev–Trinajstić information content (AvgIpc) is 3.31. The summed E-state index contributed by atoms with van der Waals surface area (Å²) in [7, 11) is 0. The van der Waals surface area contributed by atoms with E-state index in [1.165, 1.54) is 36.4 Å². The van der Waals surface area contributed by atoms with Gasteiger partial charge < -0.3 is 16.2 Å². The molecule has 0 aliphatic heterocycles. The molecule has 0 saturated heterocycles. The molecule has 2 amide bonds. The molecule has 0 bridgehead atoms. The van der Waals surface area contributed by atoms with Crippen molar-refractivity contribution in [1.29, 1.82) is 0 Å². The monoisotopic (exact) mass is 316 g/mol. The van der Waals surface area contributed by atoms with Crippen LogP contribution >= 0.6 is 0 Å². The summed E-state index contributed by atoms with van der Waals surface area (Å²) >= 11 is 0. The van der Waals surface area contributed by atoms with Crippen LogP contribution in [-0.2, 0) is 9.59 Å². The van der Waals surface area contributed by atoms with Crippen LogP contribution in [0.5, 0.6) is 0 Å². The van der Waals surface area contributed by atoms with Gasteiger partial charge in [0.2, 0.25) is 5.91 Å². The van der Waals surface area contributed by atoms with Gasteiger partial charge in [-0.2, -0.15) is 0 Å². The lowest BCUT2D eigenvalue weighted by molar-refractivity contribution is -0.140. The number of hydrogen-bond donors (Lipinski definition) is 3. The molecule has 1 fully saturated rings. The largest absolute Gasteiger partial charge is 0.375 e. The van der Waals surface area contributed by atoms with Crippen molar-refractivity contribution in [2.75, 3.05) is 5.32 Å². The predicted octanol–water partition coefficient (Wildman–Crippen LogP) is 1.50. The average molecular weight is 316 g/mol. The van der Waals surface area contributed by atoms with Gasteiger partial charge in [-0.1, -0.05) is 18.2 Å². The number of benzene rings is 1. The lowest BCUT2D eigenvalue weighted by Crippen LogP contribution is -2.53. The first-order valence-corrected chi connectivity index (χ1v) is 7.34. The zero-order chi connectivity index (χ0) is 16.7. The van der Waals surface area contributed by atoms with Crippen LogP contribution in [0.1, 0.15) is 12.8 Å². The van der Waals surface area contributed by atoms with E-state index in [0.29, 0.717) is 18.5 Å². The van der Waals surface area contributed by atoms with Crippen LogP contribution in [0.2, 0.25) is 0 Å². The van der Waals surface area contributed by atoms with Crippen LogP contribution in [0.4, 0.5) is 10.1 Å². The predicted molar refractivity (Wildman–Crippen MR) is 82.6 cm³/mol. The third-order valence-corrected chi connectivity index (χ3v) is 4.57. The Balaban J connectivity index is 1.85. The lowest BCUT2D eigenvalue weighted by atomic mass is 9.72. The molecule has 1 aromatic carbocycles. The summed E-state index contributed by atoms with van der Waals surface area (Å²) in [6.45, 7) is 0. The maximum absolute atomic E-state index is 12.9. The van der Waals surface area contributed by atoms with Crippen LogP contribution in [0, 0.1) is 17.2 Å². The first-order chi connectivity index (χ1) is 10.9. The molecule has 0 heterocycles. The summed E-state index contributed by atoms with van der Waals surface area (Å²) in [6, 6.07) is 5.41. The van der Waals surface area contributed by atoms with E-state index < -0.39 is 28.7 Å². The van der Waals surface area contributed by atoms with Crippen molar-refractivity contribution < 1.29 is 19.1 Å². The van der Waals surface area contributed by atoms with Gasteiger partial charge in [0.05, 0.1) is 5.41 Å². The first kappa shape index (κ1) is 15.4. The second-order valence-electron chi connectivity index (χ2n) is 6.03. The van der Waals surface area contributed by atoms with E-state index >= 15 is 0 Å². The molecule has 0 radical (unpaired) electrons. The number of amides is 2. The molecular weight excluding hydrogens is 299 g/mol. The van der Waals surface area contributed by atoms with E-state index in [4.69, 9.17) is 5.73 Å². The fourth-order valence-electron chi connectivity index (χ4n) is 3.07. The summed E-state index contributed by atoms with van der Waals surface area (Å²) in [6.07, 6.45) is 7.27. The topological polar surface area (TPSA) is 92.4 Å². The third kappa shape index (κ3) is 2.55. The zero-order valence-corrected chi connectivity index (χ0v) is 12.3. The molecule has 2 unspecified atom stereocenters. The number of carbonyl (C=O) groups is 2. The summed E-state index contributed by atoms with van der Waals surface area (Å²) in [5, 5.41) is 13.3. The number of primary amides is 1. The number of nitrogens with one attached hydrogen (secondary N) is 1. The van der Waals surface area contributed by atoms with Gasteiger partial charge in [0.15, 0.2) is 5.60 Å². The molecule has 2 aliphatic carbocycles. The Morgan fingerprint density at radius 1 is 1.22 bits per heavy atom. The van der Waals surface area contributed by atoms with Crippen LogP contribution < -0.4 is 11.1 Å². The minimum absolute atomic E-state index is 0.311. The summed E-state index contributed by atoms with van der Waals surface area (Å²) in [5.74, 6) is -2.32. The number of halogens is 1. The molecule has 2 atom stereocenters. The smallest absolute Gasteiger partial charge is 0.254 e. The summed E-state index contributed by atoms with van der Waals surface area (Å²) in [5.41, 5.74) is 3.02. The van der Waals surface area contributed by atoms with Gasteiger partial charge in [-0.25, -0.2) is 4.39 Å². The Morgan fingerprint density at radius 3 is 2.43 bits per heavy atom. The van der Waals surface area contributed by atoms with Crippen LogP contribution in [-0.4, -0.2) is 22.5 Å². The molecule has 23 heavy (non-hydrogen) atoms. The van der Waals surface area contributed by atoms with Crippen molar-refractivity contribution in [2.45, 2.75) is 18.4 Å². The molecule has 3 rings (SSSR count). The SMILES string of the molecule is NC(=O)C1(O)C=CC=CC1C1(C(=O)Nc2ccc(F)cc2)CC1. The molecule has 1 saturated carbocycles. The van der Waals surface area contributed by atoms with E-state index in [2.05, 4.69) is 5.32 Å². The molecule has 6 heteroatoms. The standard InChI is InChI=1S/C17H17FN2O3/c18-11-4-6-12(7-5-11)20-15(22)16(9-10-16)13-3-1-2-8-17(13,23)14(19)21/h1-8,13,23H,9-10H2,(H2,19,21)(H,20,22). The van der Waals surface area contributed by atoms with E-state index in [9.17, 15) is 19.1 Å². The third-order valence-electron chi connectivity index (χ3n) is 4.57. The van der Waals surface area contributed by atoms with Gasteiger partial charge in [0.25, 0.3) is 5.91 Å². The number of allylic oxidation sites excluding steroid dienone is 2. The van der Waals surface area contributed by atoms with Crippen molar-refractivity contribution in [1.82, 2.24) is 0 Å². The van der Waals surface area contributed by atoms with Crippen molar-refractivity contribution in [3.63, 3.8) is 0 Å². The van der Waals surface area contributed by atoms with Gasteiger partial charge in [-0.3, -0.25) is 9.59 Å². The number of anilines is 1. The first-order valence-electron chi connectivity index (χ1n) is 7.34. The van der Waals surface area contributed by atoms with Gasteiger partial charge >= 0.3 is 0 Å². The Bertz CT molecular complexity index is 707. The normalized spacial score (nSPS) is 27.5. The van der Waals surface area contributed by atoms with Crippen LogP contribution in [0.15, 0.2) is 48.6 Å². The highest BCUT2D eigenvalue weighted by Crippen LogP contribution is 2.57. The Labute approximate surface area is 132 Å². The number of rotatable bonds is 4. The van der Waals surface area contributed by atoms with Crippen LogP contribution in [0.3, 0.4) is 0 Å². The quantitative estimate of drug-likeness (QED) is 0.786. The maximum atomic E-state index is 12.9. The van der Waals surface area contributed by atoms with Gasteiger partial charge in [0.1, 0.15) is 5.82 Å². The number of nitrogens with two attached hydrogens (primary N) is 1. The van der Waals surface area contributed by atoms with E-state index in [1.807, 2.05) is 0 Å². The zero-order valence-electron chi connectivity index (χ0n) is 12.3. The summed E-state index contributed by atoms with van der Waals surface area (Å²) < 4.78 is 12.9. The Kier molecular flexibility index (Phi) is 3.56. The fourth-order valence-corrected chi connectivity index (χ4v) is 3.07. The van der Waals surface area contributed by atoms with E-state index in [1.54, 1.807) is 12.2 Å². The highest BCUT2D eigenvalue weighted by molar-refractivity contribution is 5.99.